The molecule has 1 aliphatic carbocycles. The summed E-state index contributed by atoms with van der Waals surface area (Å²) in [7, 11) is 0. The van der Waals surface area contributed by atoms with E-state index in [1.807, 2.05) is 19.1 Å². The number of hydrogen-bond donors (Lipinski definition) is 1. The smallest absolute Gasteiger partial charge is 0.229 e. The third-order valence-electron chi connectivity index (χ3n) is 3.60. The summed E-state index contributed by atoms with van der Waals surface area (Å²) in [6.07, 6.45) is 2.35. The van der Waals surface area contributed by atoms with Crippen molar-refractivity contribution in [3.63, 3.8) is 0 Å². The van der Waals surface area contributed by atoms with Gasteiger partial charge in [0.1, 0.15) is 11.6 Å². The lowest BCUT2D eigenvalue weighted by atomic mass is 10.1. The summed E-state index contributed by atoms with van der Waals surface area (Å²) in [4.78, 5) is 16.2. The molecule has 1 aromatic heterocycles. The number of hydrogen-bond acceptors (Lipinski definition) is 2. The van der Waals surface area contributed by atoms with Crippen LogP contribution in [0.15, 0.2) is 42.6 Å². The topological polar surface area (TPSA) is 42.0 Å². The second-order valence-electron chi connectivity index (χ2n) is 5.18. The Bertz CT molecular complexity index is 656. The third kappa shape index (κ3) is 2.54. The molecule has 2 atom stereocenters. The molecule has 0 aliphatic heterocycles. The van der Waals surface area contributed by atoms with Crippen LogP contribution in [-0.4, -0.2) is 10.9 Å². The van der Waals surface area contributed by atoms with Crippen molar-refractivity contribution in [3.05, 3.63) is 59.5 Å². The lowest BCUT2D eigenvalue weighted by Gasteiger charge is -2.05. The summed E-state index contributed by atoms with van der Waals surface area (Å²) in [6, 6.07) is 10.3. The highest BCUT2D eigenvalue weighted by atomic mass is 19.1. The monoisotopic (exact) mass is 270 g/mol. The molecule has 0 radical (unpaired) electrons. The van der Waals surface area contributed by atoms with Crippen molar-refractivity contribution in [1.82, 2.24) is 4.98 Å². The first kappa shape index (κ1) is 12.8. The van der Waals surface area contributed by atoms with Gasteiger partial charge in [0.15, 0.2) is 0 Å². The van der Waals surface area contributed by atoms with E-state index >= 15 is 0 Å². The fourth-order valence-corrected chi connectivity index (χ4v) is 2.43. The zero-order valence-corrected chi connectivity index (χ0v) is 11.1. The Kier molecular flexibility index (Phi) is 3.22. The molecule has 1 saturated carbocycles. The fourth-order valence-electron chi connectivity index (χ4n) is 2.43. The number of carbonyl (C=O) groups is 1. The van der Waals surface area contributed by atoms with Gasteiger partial charge in [0.05, 0.1) is 0 Å². The van der Waals surface area contributed by atoms with Crippen molar-refractivity contribution in [2.45, 2.75) is 19.3 Å². The number of aryl methyl sites for hydroxylation is 1. The minimum Gasteiger partial charge on any atom is -0.310 e. The van der Waals surface area contributed by atoms with Gasteiger partial charge in [-0.15, -0.1) is 0 Å². The van der Waals surface area contributed by atoms with E-state index in [0.29, 0.717) is 17.8 Å². The van der Waals surface area contributed by atoms with Crippen LogP contribution in [0.2, 0.25) is 0 Å². The molecule has 0 saturated heterocycles. The van der Waals surface area contributed by atoms with Gasteiger partial charge in [0.2, 0.25) is 5.91 Å². The van der Waals surface area contributed by atoms with Crippen molar-refractivity contribution in [2.75, 3.05) is 5.32 Å². The average Bonchev–Trinajstić information content (AvgIpc) is 3.19. The number of anilines is 1. The molecule has 4 heteroatoms. The van der Waals surface area contributed by atoms with Crippen LogP contribution in [0.4, 0.5) is 10.2 Å². The first-order valence-electron chi connectivity index (χ1n) is 6.63. The number of aromatic nitrogens is 1. The van der Waals surface area contributed by atoms with E-state index in [1.54, 1.807) is 24.4 Å². The summed E-state index contributed by atoms with van der Waals surface area (Å²) in [6.45, 7) is 1.94. The van der Waals surface area contributed by atoms with E-state index in [4.69, 9.17) is 0 Å². The van der Waals surface area contributed by atoms with Crippen LogP contribution >= 0.6 is 0 Å². The third-order valence-corrected chi connectivity index (χ3v) is 3.60. The lowest BCUT2D eigenvalue weighted by molar-refractivity contribution is -0.117. The molecular formula is C16H15FN2O. The highest BCUT2D eigenvalue weighted by molar-refractivity contribution is 5.94. The van der Waals surface area contributed by atoms with Crippen LogP contribution in [0.5, 0.6) is 0 Å². The molecule has 3 rings (SSSR count). The van der Waals surface area contributed by atoms with Crippen molar-refractivity contribution < 1.29 is 9.18 Å². The highest BCUT2D eigenvalue weighted by Crippen LogP contribution is 2.48. The average molecular weight is 270 g/mol. The number of nitrogens with zero attached hydrogens (tertiary/aromatic N) is 1. The van der Waals surface area contributed by atoms with Crippen molar-refractivity contribution >= 4 is 11.7 Å². The highest BCUT2D eigenvalue weighted by Gasteiger charge is 2.45. The molecule has 1 aliphatic rings. The van der Waals surface area contributed by atoms with Crippen molar-refractivity contribution in [2.24, 2.45) is 5.92 Å². The zero-order chi connectivity index (χ0) is 14.1. The van der Waals surface area contributed by atoms with E-state index in [9.17, 15) is 9.18 Å². The molecule has 1 amide bonds. The summed E-state index contributed by atoms with van der Waals surface area (Å²) < 4.78 is 13.7. The van der Waals surface area contributed by atoms with Crippen LogP contribution in [-0.2, 0) is 4.79 Å². The quantitative estimate of drug-likeness (QED) is 0.930. The Morgan fingerprint density at radius 1 is 1.35 bits per heavy atom. The van der Waals surface area contributed by atoms with Gasteiger partial charge < -0.3 is 5.32 Å². The number of carbonyl (C=O) groups excluding carboxylic acids is 1. The molecule has 1 aromatic carbocycles. The molecular weight excluding hydrogens is 255 g/mol. The fraction of sp³-hybridized carbons (Fsp3) is 0.250. The molecule has 1 fully saturated rings. The van der Waals surface area contributed by atoms with Crippen molar-refractivity contribution in [1.29, 1.82) is 0 Å². The Labute approximate surface area is 116 Å². The van der Waals surface area contributed by atoms with E-state index < -0.39 is 0 Å². The molecule has 2 aromatic rings. The van der Waals surface area contributed by atoms with Crippen LogP contribution in [0.3, 0.4) is 0 Å². The molecule has 0 bridgehead atoms. The van der Waals surface area contributed by atoms with E-state index in [0.717, 1.165) is 5.56 Å². The summed E-state index contributed by atoms with van der Waals surface area (Å²) in [5, 5.41) is 2.79. The predicted octanol–water partition coefficient (Wildman–Crippen LogP) is 3.27. The maximum absolute atomic E-state index is 13.7. The summed E-state index contributed by atoms with van der Waals surface area (Å²) in [5.74, 6) is 0.0576. The molecule has 1 N–H and O–H groups in total. The lowest BCUT2D eigenvalue weighted by Crippen LogP contribution is -2.15. The Morgan fingerprint density at radius 3 is 2.90 bits per heavy atom. The van der Waals surface area contributed by atoms with Gasteiger partial charge in [-0.2, -0.15) is 0 Å². The van der Waals surface area contributed by atoms with E-state index in [2.05, 4.69) is 10.3 Å². The standard InChI is InChI=1S/C16H15FN2O/c1-10-6-7-18-15(8-10)19-16(20)13-9-12(13)11-4-2-3-5-14(11)17/h2-8,12-13H,9H2,1H3,(H,18,19,20)/t12-,13-/m1/s1. The molecule has 0 unspecified atom stereocenters. The number of rotatable bonds is 3. The summed E-state index contributed by atoms with van der Waals surface area (Å²) in [5.41, 5.74) is 1.67. The molecule has 0 spiro atoms. The molecule has 20 heavy (non-hydrogen) atoms. The number of amides is 1. The van der Waals surface area contributed by atoms with Gasteiger partial charge in [0, 0.05) is 12.1 Å². The van der Waals surface area contributed by atoms with E-state index in [1.165, 1.54) is 6.07 Å². The maximum atomic E-state index is 13.7. The number of nitrogens with one attached hydrogen (secondary N) is 1. The van der Waals surface area contributed by atoms with Crippen LogP contribution in [0.1, 0.15) is 23.5 Å². The largest absolute Gasteiger partial charge is 0.310 e. The maximum Gasteiger partial charge on any atom is 0.229 e. The first-order valence-corrected chi connectivity index (χ1v) is 6.63. The van der Waals surface area contributed by atoms with Gasteiger partial charge in [-0.05, 0) is 48.6 Å². The van der Waals surface area contributed by atoms with Gasteiger partial charge in [-0.1, -0.05) is 18.2 Å². The Morgan fingerprint density at radius 2 is 2.15 bits per heavy atom. The molecule has 1 heterocycles. The van der Waals surface area contributed by atoms with Gasteiger partial charge >= 0.3 is 0 Å². The first-order chi connectivity index (χ1) is 9.65. The SMILES string of the molecule is Cc1ccnc(NC(=O)[C@@H]2C[C@@H]2c2ccccc2F)c1. The number of pyridine rings is 1. The van der Waals surface area contributed by atoms with Crippen LogP contribution in [0.25, 0.3) is 0 Å². The summed E-state index contributed by atoms with van der Waals surface area (Å²) >= 11 is 0. The Hall–Kier alpha value is -2.23. The Balaban J connectivity index is 1.68. The number of benzene rings is 1. The van der Waals surface area contributed by atoms with Crippen LogP contribution in [0, 0.1) is 18.7 Å². The second-order valence-corrected chi connectivity index (χ2v) is 5.18. The molecule has 102 valence electrons. The van der Waals surface area contributed by atoms with E-state index in [-0.39, 0.29) is 23.6 Å². The van der Waals surface area contributed by atoms with Crippen LogP contribution < -0.4 is 5.32 Å². The number of halogens is 1. The second kappa shape index (κ2) is 5.04. The minimum absolute atomic E-state index is 0.0130. The minimum atomic E-state index is -0.235. The zero-order valence-electron chi connectivity index (χ0n) is 11.1. The van der Waals surface area contributed by atoms with Crippen molar-refractivity contribution in [3.8, 4) is 0 Å². The molecule has 3 nitrogen and oxygen atoms in total. The predicted molar refractivity (Wildman–Crippen MR) is 74.9 cm³/mol. The van der Waals surface area contributed by atoms with Gasteiger partial charge in [-0.3, -0.25) is 4.79 Å². The van der Waals surface area contributed by atoms with Gasteiger partial charge in [-0.25, -0.2) is 9.37 Å². The normalized spacial score (nSPS) is 20.5. The van der Waals surface area contributed by atoms with Gasteiger partial charge in [0.25, 0.3) is 0 Å².